The lowest BCUT2D eigenvalue weighted by Gasteiger charge is -2.12. The number of rotatable bonds is 7. The van der Waals surface area contributed by atoms with Gasteiger partial charge in [-0.05, 0) is 47.3 Å². The van der Waals surface area contributed by atoms with Gasteiger partial charge in [0, 0.05) is 21.8 Å². The molecule has 0 fully saturated rings. The van der Waals surface area contributed by atoms with E-state index in [2.05, 4.69) is 4.40 Å². The number of hydrogen-bond acceptors (Lipinski definition) is 5. The van der Waals surface area contributed by atoms with Gasteiger partial charge in [-0.3, -0.25) is 0 Å². The van der Waals surface area contributed by atoms with Gasteiger partial charge in [0.05, 0.1) is 7.11 Å². The third-order valence-electron chi connectivity index (χ3n) is 3.68. The van der Waals surface area contributed by atoms with Crippen molar-refractivity contribution in [2.75, 3.05) is 7.11 Å². The standard InChI is InChI=1S/C19H15Cl2NO4S2/c1-25-18-9-13(11-22-28(23,24)19-3-2-8-27-19)4-7-17(18)26-12-14-5-6-15(20)10-16(14)21/h2-11H,12H2,1H3/b22-11-. The summed E-state index contributed by atoms with van der Waals surface area (Å²) in [5.41, 5.74) is 1.34. The van der Waals surface area contributed by atoms with E-state index in [1.165, 1.54) is 19.4 Å². The number of benzene rings is 2. The molecule has 0 aliphatic carbocycles. The minimum atomic E-state index is -3.71. The molecule has 3 aromatic rings. The molecule has 3 rings (SSSR count). The molecular formula is C19H15Cl2NO4S2. The predicted molar refractivity (Wildman–Crippen MR) is 113 cm³/mol. The highest BCUT2D eigenvalue weighted by molar-refractivity contribution is 7.92. The number of sulfonamides is 1. The van der Waals surface area contributed by atoms with E-state index < -0.39 is 10.0 Å². The summed E-state index contributed by atoms with van der Waals surface area (Å²) in [5, 5.41) is 2.74. The van der Waals surface area contributed by atoms with Crippen molar-refractivity contribution < 1.29 is 17.9 Å². The largest absolute Gasteiger partial charge is 0.493 e. The molecular weight excluding hydrogens is 441 g/mol. The second-order valence-corrected chi connectivity index (χ2v) is 9.23. The van der Waals surface area contributed by atoms with E-state index >= 15 is 0 Å². The fourth-order valence-electron chi connectivity index (χ4n) is 2.27. The Labute approximate surface area is 177 Å². The predicted octanol–water partition coefficient (Wildman–Crippen LogP) is 5.45. The molecule has 9 heteroatoms. The molecule has 0 aliphatic rings. The van der Waals surface area contributed by atoms with Gasteiger partial charge >= 0.3 is 0 Å². The third-order valence-corrected chi connectivity index (χ3v) is 6.87. The molecule has 0 amide bonds. The van der Waals surface area contributed by atoms with Crippen molar-refractivity contribution in [3.63, 3.8) is 0 Å². The lowest BCUT2D eigenvalue weighted by molar-refractivity contribution is 0.284. The Bertz CT molecular complexity index is 1100. The third kappa shape index (κ3) is 5.05. The molecule has 0 saturated heterocycles. The van der Waals surface area contributed by atoms with E-state index in [1.54, 1.807) is 47.8 Å². The van der Waals surface area contributed by atoms with Crippen LogP contribution in [0, 0.1) is 0 Å². The first-order chi connectivity index (χ1) is 13.4. The number of ether oxygens (including phenoxy) is 2. The molecule has 0 saturated carbocycles. The summed E-state index contributed by atoms with van der Waals surface area (Å²) in [7, 11) is -2.21. The van der Waals surface area contributed by atoms with Crippen molar-refractivity contribution in [2.24, 2.45) is 4.40 Å². The Balaban J connectivity index is 1.76. The maximum absolute atomic E-state index is 12.1. The van der Waals surface area contributed by atoms with Crippen molar-refractivity contribution in [3.8, 4) is 11.5 Å². The van der Waals surface area contributed by atoms with E-state index in [0.717, 1.165) is 16.9 Å². The molecule has 5 nitrogen and oxygen atoms in total. The second kappa shape index (κ2) is 8.96. The summed E-state index contributed by atoms with van der Waals surface area (Å²) in [5.74, 6) is 0.939. The average Bonchev–Trinajstić information content (AvgIpc) is 3.22. The summed E-state index contributed by atoms with van der Waals surface area (Å²) in [4.78, 5) is 0. The number of thiophene rings is 1. The van der Waals surface area contributed by atoms with Crippen LogP contribution in [0.4, 0.5) is 0 Å². The zero-order valence-electron chi connectivity index (χ0n) is 14.6. The molecule has 0 bridgehead atoms. The lowest BCUT2D eigenvalue weighted by atomic mass is 10.2. The Kier molecular flexibility index (Phi) is 6.61. The maximum Gasteiger partial charge on any atom is 0.291 e. The van der Waals surface area contributed by atoms with Crippen molar-refractivity contribution in [2.45, 2.75) is 10.8 Å². The van der Waals surface area contributed by atoms with Crippen molar-refractivity contribution in [1.29, 1.82) is 0 Å². The van der Waals surface area contributed by atoms with Crippen LogP contribution in [0.2, 0.25) is 10.0 Å². The van der Waals surface area contributed by atoms with Gasteiger partial charge in [0.1, 0.15) is 10.8 Å². The summed E-state index contributed by atoms with van der Waals surface area (Å²) in [6.45, 7) is 0.229. The molecule has 146 valence electrons. The second-order valence-electron chi connectivity index (χ2n) is 5.58. The summed E-state index contributed by atoms with van der Waals surface area (Å²) in [6, 6.07) is 13.4. The van der Waals surface area contributed by atoms with Crippen LogP contribution >= 0.6 is 34.5 Å². The molecule has 0 aliphatic heterocycles. The van der Waals surface area contributed by atoms with Gasteiger partial charge in [0.25, 0.3) is 10.0 Å². The SMILES string of the molecule is COc1cc(/C=N\S(=O)(=O)c2cccs2)ccc1OCc1ccc(Cl)cc1Cl. The molecule has 0 spiro atoms. The molecule has 0 atom stereocenters. The monoisotopic (exact) mass is 455 g/mol. The minimum absolute atomic E-state index is 0.190. The van der Waals surface area contributed by atoms with Gasteiger partial charge in [-0.15, -0.1) is 11.3 Å². The zero-order chi connectivity index (χ0) is 20.1. The molecule has 2 aromatic carbocycles. The van der Waals surface area contributed by atoms with Gasteiger partial charge in [-0.2, -0.15) is 12.8 Å². The quantitative estimate of drug-likeness (QED) is 0.444. The number of nitrogens with zero attached hydrogens (tertiary/aromatic N) is 1. The van der Waals surface area contributed by atoms with Gasteiger partial charge < -0.3 is 9.47 Å². The van der Waals surface area contributed by atoms with Crippen LogP contribution in [0.3, 0.4) is 0 Å². The van der Waals surface area contributed by atoms with E-state index in [4.69, 9.17) is 32.7 Å². The number of hydrogen-bond donors (Lipinski definition) is 0. The summed E-state index contributed by atoms with van der Waals surface area (Å²) in [6.07, 6.45) is 1.28. The average molecular weight is 456 g/mol. The highest BCUT2D eigenvalue weighted by Gasteiger charge is 2.13. The normalized spacial score (nSPS) is 11.7. The first-order valence-corrected chi connectivity index (χ1v) is 11.1. The fraction of sp³-hybridized carbons (Fsp3) is 0.105. The van der Waals surface area contributed by atoms with Crippen LogP contribution in [0.1, 0.15) is 11.1 Å². The van der Waals surface area contributed by atoms with Gasteiger partial charge in [0.2, 0.25) is 0 Å². The first-order valence-electron chi connectivity index (χ1n) is 7.97. The summed E-state index contributed by atoms with van der Waals surface area (Å²) < 4.78 is 39.3. The summed E-state index contributed by atoms with van der Waals surface area (Å²) >= 11 is 13.2. The lowest BCUT2D eigenvalue weighted by Crippen LogP contribution is -1.99. The van der Waals surface area contributed by atoms with E-state index in [9.17, 15) is 8.42 Å². The van der Waals surface area contributed by atoms with Crippen LogP contribution in [-0.4, -0.2) is 21.7 Å². The first kappa shape index (κ1) is 20.7. The van der Waals surface area contributed by atoms with Crippen LogP contribution in [-0.2, 0) is 16.6 Å². The molecule has 1 heterocycles. The van der Waals surface area contributed by atoms with Crippen molar-refractivity contribution >= 4 is 50.8 Å². The molecule has 28 heavy (non-hydrogen) atoms. The van der Waals surface area contributed by atoms with Gasteiger partial charge in [0.15, 0.2) is 11.5 Å². The van der Waals surface area contributed by atoms with Crippen molar-refractivity contribution in [3.05, 3.63) is 75.1 Å². The number of halogens is 2. The highest BCUT2D eigenvalue weighted by Crippen LogP contribution is 2.30. The van der Waals surface area contributed by atoms with E-state index in [0.29, 0.717) is 27.1 Å². The van der Waals surface area contributed by atoms with E-state index in [-0.39, 0.29) is 10.8 Å². The minimum Gasteiger partial charge on any atom is -0.493 e. The van der Waals surface area contributed by atoms with Crippen LogP contribution in [0.15, 0.2) is 62.5 Å². The maximum atomic E-state index is 12.1. The Morgan fingerprint density at radius 1 is 1.11 bits per heavy atom. The molecule has 0 radical (unpaired) electrons. The van der Waals surface area contributed by atoms with Crippen LogP contribution in [0.25, 0.3) is 0 Å². The van der Waals surface area contributed by atoms with Gasteiger partial charge in [-0.25, -0.2) is 0 Å². The number of methoxy groups -OCH3 is 1. The smallest absolute Gasteiger partial charge is 0.291 e. The molecule has 0 N–H and O–H groups in total. The Hall–Kier alpha value is -2.06. The van der Waals surface area contributed by atoms with Gasteiger partial charge in [-0.1, -0.05) is 35.3 Å². The topological polar surface area (TPSA) is 65.0 Å². The Morgan fingerprint density at radius 3 is 2.61 bits per heavy atom. The zero-order valence-corrected chi connectivity index (χ0v) is 17.8. The molecule has 1 aromatic heterocycles. The van der Waals surface area contributed by atoms with E-state index in [1.807, 2.05) is 0 Å². The van der Waals surface area contributed by atoms with Crippen LogP contribution < -0.4 is 9.47 Å². The fourth-order valence-corrected chi connectivity index (χ4v) is 4.58. The van der Waals surface area contributed by atoms with Crippen LogP contribution in [0.5, 0.6) is 11.5 Å². The highest BCUT2D eigenvalue weighted by atomic mass is 35.5. The Morgan fingerprint density at radius 2 is 1.93 bits per heavy atom. The molecule has 0 unspecified atom stereocenters. The van der Waals surface area contributed by atoms with Crippen molar-refractivity contribution in [1.82, 2.24) is 0 Å².